The van der Waals surface area contributed by atoms with Crippen molar-refractivity contribution in [2.75, 3.05) is 58.9 Å². The summed E-state index contributed by atoms with van der Waals surface area (Å²) in [5.74, 6) is 7.28. The van der Waals surface area contributed by atoms with Gasteiger partial charge in [-0.2, -0.15) is 0 Å². The summed E-state index contributed by atoms with van der Waals surface area (Å²) in [5.41, 5.74) is 0. The Kier molecular flexibility index (Phi) is 5.60. The fraction of sp³-hybridized carbons (Fsp3) is 0.591. The van der Waals surface area contributed by atoms with Crippen LogP contribution in [0.3, 0.4) is 0 Å². The second-order valence-electron chi connectivity index (χ2n) is 8.44. The number of piperazine rings is 1. The highest BCUT2D eigenvalue weighted by atomic mass is 32.1. The number of thiophene rings is 1. The number of amides is 2. The topological polar surface area (TPSA) is 50.9 Å². The standard InChI is InChI=1S/C22H29N5OS/c28-22(24-20-16-26-9-3-17(20)4-10-26)27-11-5-21-18(15-27)14-19(29-21)2-1-8-25-12-6-23-7-13-25/h5,14-15,17,20,23H,3-4,6-13,16H2,(H,24,28)/t20-/m0/s1. The number of carbonyl (C=O) groups excluding carboxylic acids is 1. The van der Waals surface area contributed by atoms with Gasteiger partial charge in [0.25, 0.3) is 0 Å². The van der Waals surface area contributed by atoms with Crippen molar-refractivity contribution < 1.29 is 4.79 Å². The Morgan fingerprint density at radius 2 is 2.07 bits per heavy atom. The van der Waals surface area contributed by atoms with Crippen LogP contribution in [-0.2, 0) is 0 Å². The highest BCUT2D eigenvalue weighted by Gasteiger charge is 2.35. The maximum absolute atomic E-state index is 12.8. The zero-order chi connectivity index (χ0) is 19.6. The van der Waals surface area contributed by atoms with Gasteiger partial charge in [-0.05, 0) is 44.0 Å². The van der Waals surface area contributed by atoms with E-state index in [4.69, 9.17) is 0 Å². The lowest BCUT2D eigenvalue weighted by molar-refractivity contribution is 0.0750. The summed E-state index contributed by atoms with van der Waals surface area (Å²) < 4.78 is 1.23. The summed E-state index contributed by atoms with van der Waals surface area (Å²) in [5, 5.41) is 7.76. The molecule has 5 aliphatic rings. The molecule has 6 rings (SSSR count). The van der Waals surface area contributed by atoms with Gasteiger partial charge in [-0.25, -0.2) is 4.79 Å². The van der Waals surface area contributed by atoms with Crippen LogP contribution in [-0.4, -0.2) is 85.7 Å². The molecule has 4 fully saturated rings. The van der Waals surface area contributed by atoms with Crippen molar-refractivity contribution in [3.05, 3.63) is 20.7 Å². The molecule has 1 aromatic heterocycles. The van der Waals surface area contributed by atoms with Crippen molar-refractivity contribution in [1.82, 2.24) is 25.3 Å². The molecule has 1 atom stereocenters. The van der Waals surface area contributed by atoms with Gasteiger partial charge in [0.05, 0.1) is 11.4 Å². The first-order valence-electron chi connectivity index (χ1n) is 10.8. The monoisotopic (exact) mass is 411 g/mol. The molecule has 0 radical (unpaired) electrons. The molecule has 0 aromatic carbocycles. The summed E-state index contributed by atoms with van der Waals surface area (Å²) in [6.07, 6.45) is 6.57. The number of hydrogen-bond acceptors (Lipinski definition) is 5. The third-order valence-corrected chi connectivity index (χ3v) is 7.57. The van der Waals surface area contributed by atoms with E-state index in [0.717, 1.165) is 49.4 Å². The Morgan fingerprint density at radius 3 is 2.83 bits per heavy atom. The third kappa shape index (κ3) is 4.36. The van der Waals surface area contributed by atoms with Crippen molar-refractivity contribution in [2.45, 2.75) is 18.9 Å². The summed E-state index contributed by atoms with van der Waals surface area (Å²) in [6.45, 7) is 9.09. The normalized spacial score (nSPS) is 28.6. The molecule has 29 heavy (non-hydrogen) atoms. The number of piperidine rings is 3. The Labute approximate surface area is 176 Å². The minimum Gasteiger partial charge on any atom is -0.333 e. The molecule has 6 nitrogen and oxygen atoms in total. The molecular weight excluding hydrogens is 382 g/mol. The van der Waals surface area contributed by atoms with Gasteiger partial charge in [-0.3, -0.25) is 9.80 Å². The largest absolute Gasteiger partial charge is 0.333 e. The number of urea groups is 1. The average Bonchev–Trinajstić information content (AvgIpc) is 3.17. The molecule has 154 valence electrons. The molecule has 0 saturated carbocycles. The van der Waals surface area contributed by atoms with Gasteiger partial charge in [-0.15, -0.1) is 11.3 Å². The fourth-order valence-corrected chi connectivity index (χ4v) is 5.70. The summed E-state index contributed by atoms with van der Waals surface area (Å²) in [4.78, 5) is 20.6. The van der Waals surface area contributed by atoms with Gasteiger partial charge in [0.1, 0.15) is 0 Å². The van der Waals surface area contributed by atoms with Crippen LogP contribution in [0.5, 0.6) is 0 Å². The SMILES string of the molecule is O=C(N[C@H]1CN2CCC1CC2)N1C=c2cc(C#CCN3CCNCC3)sc2=CC1. The van der Waals surface area contributed by atoms with E-state index in [9.17, 15) is 4.79 Å². The highest BCUT2D eigenvalue weighted by Crippen LogP contribution is 2.27. The Morgan fingerprint density at radius 1 is 1.24 bits per heavy atom. The Balaban J connectivity index is 1.22. The lowest BCUT2D eigenvalue weighted by Crippen LogP contribution is -2.59. The second kappa shape index (κ2) is 8.49. The molecule has 7 heteroatoms. The van der Waals surface area contributed by atoms with Crippen molar-refractivity contribution in [3.63, 3.8) is 0 Å². The van der Waals surface area contributed by atoms with Crippen LogP contribution in [0.15, 0.2) is 6.07 Å². The van der Waals surface area contributed by atoms with Crippen LogP contribution in [0.25, 0.3) is 12.3 Å². The maximum atomic E-state index is 12.8. The molecular formula is C22H29N5OS. The predicted octanol–water partition coefficient (Wildman–Crippen LogP) is -0.357. The Hall–Kier alpha value is -1.85. The van der Waals surface area contributed by atoms with E-state index in [2.05, 4.69) is 44.4 Å². The van der Waals surface area contributed by atoms with Gasteiger partial charge in [-0.1, -0.05) is 11.8 Å². The summed E-state index contributed by atoms with van der Waals surface area (Å²) in [7, 11) is 0. The van der Waals surface area contributed by atoms with Gasteiger partial charge in [0, 0.05) is 61.3 Å². The van der Waals surface area contributed by atoms with E-state index in [-0.39, 0.29) is 6.03 Å². The van der Waals surface area contributed by atoms with Gasteiger partial charge in [0.2, 0.25) is 0 Å². The lowest BCUT2D eigenvalue weighted by Gasteiger charge is -2.45. The molecule has 4 saturated heterocycles. The zero-order valence-corrected chi connectivity index (χ0v) is 17.6. The number of carbonyl (C=O) groups is 1. The zero-order valence-electron chi connectivity index (χ0n) is 16.8. The van der Waals surface area contributed by atoms with Crippen molar-refractivity contribution in [2.24, 2.45) is 5.92 Å². The van der Waals surface area contributed by atoms with Crippen LogP contribution in [0, 0.1) is 17.8 Å². The first kappa shape index (κ1) is 19.1. The van der Waals surface area contributed by atoms with E-state index in [0.29, 0.717) is 18.5 Å². The van der Waals surface area contributed by atoms with Gasteiger partial charge >= 0.3 is 6.03 Å². The lowest BCUT2D eigenvalue weighted by atomic mass is 9.84. The van der Waals surface area contributed by atoms with E-state index in [1.807, 2.05) is 11.1 Å². The third-order valence-electron chi connectivity index (χ3n) is 6.51. The molecule has 0 spiro atoms. The molecule has 2 N–H and O–H groups in total. The molecule has 0 unspecified atom stereocenters. The molecule has 2 bridgehead atoms. The molecule has 6 heterocycles. The van der Waals surface area contributed by atoms with Crippen LogP contribution < -0.4 is 20.4 Å². The van der Waals surface area contributed by atoms with Gasteiger partial charge < -0.3 is 15.5 Å². The van der Waals surface area contributed by atoms with E-state index in [1.54, 1.807) is 11.3 Å². The number of hydrogen-bond donors (Lipinski definition) is 2. The van der Waals surface area contributed by atoms with Crippen molar-refractivity contribution in [3.8, 4) is 11.8 Å². The molecule has 1 aromatic rings. The predicted molar refractivity (Wildman–Crippen MR) is 117 cm³/mol. The van der Waals surface area contributed by atoms with E-state index in [1.165, 1.54) is 30.5 Å². The second-order valence-corrected chi connectivity index (χ2v) is 9.52. The van der Waals surface area contributed by atoms with Gasteiger partial charge in [0.15, 0.2) is 0 Å². The highest BCUT2D eigenvalue weighted by molar-refractivity contribution is 7.10. The molecule has 0 aliphatic carbocycles. The van der Waals surface area contributed by atoms with E-state index >= 15 is 0 Å². The smallest absolute Gasteiger partial charge is 0.321 e. The Bertz CT molecular complexity index is 931. The fourth-order valence-electron chi connectivity index (χ4n) is 4.76. The quantitative estimate of drug-likeness (QED) is 0.653. The average molecular weight is 412 g/mol. The first-order chi connectivity index (χ1) is 14.2. The van der Waals surface area contributed by atoms with Crippen molar-refractivity contribution >= 4 is 29.6 Å². The molecule has 5 aliphatic heterocycles. The first-order valence-corrected chi connectivity index (χ1v) is 11.6. The number of nitrogens with one attached hydrogen (secondary N) is 2. The number of fused-ring (bicyclic) bond motifs is 4. The summed E-state index contributed by atoms with van der Waals surface area (Å²) >= 11 is 1.72. The van der Waals surface area contributed by atoms with E-state index < -0.39 is 0 Å². The number of rotatable bonds is 2. The van der Waals surface area contributed by atoms with Crippen LogP contribution in [0.4, 0.5) is 4.79 Å². The van der Waals surface area contributed by atoms with Crippen LogP contribution in [0.1, 0.15) is 17.7 Å². The minimum absolute atomic E-state index is 0.0307. The summed E-state index contributed by atoms with van der Waals surface area (Å²) in [6, 6.07) is 2.45. The number of nitrogens with zero attached hydrogens (tertiary/aromatic N) is 3. The van der Waals surface area contributed by atoms with Crippen LogP contribution >= 0.6 is 11.3 Å². The maximum Gasteiger partial charge on any atom is 0.321 e. The van der Waals surface area contributed by atoms with Crippen LogP contribution in [0.2, 0.25) is 0 Å². The minimum atomic E-state index is 0.0307. The molecule has 2 amide bonds. The van der Waals surface area contributed by atoms with Crippen molar-refractivity contribution in [1.29, 1.82) is 0 Å².